The van der Waals surface area contributed by atoms with Crippen LogP contribution in [-0.4, -0.2) is 19.1 Å². The Morgan fingerprint density at radius 2 is 1.85 bits per heavy atom. The van der Waals surface area contributed by atoms with E-state index in [4.69, 9.17) is 13.9 Å². The number of nitrogens with one attached hydrogen (secondary N) is 1. The van der Waals surface area contributed by atoms with Crippen LogP contribution in [0.3, 0.4) is 0 Å². The fraction of sp³-hybridized carbons (Fsp3) is 0.158. The summed E-state index contributed by atoms with van der Waals surface area (Å²) < 4.78 is 29.6. The van der Waals surface area contributed by atoms with E-state index in [0.29, 0.717) is 24.7 Å². The maximum absolute atomic E-state index is 13.2. The first-order valence-electron chi connectivity index (χ1n) is 8.00. The van der Waals surface area contributed by atoms with E-state index in [1.54, 1.807) is 12.1 Å². The van der Waals surface area contributed by atoms with Crippen molar-refractivity contribution in [2.75, 3.05) is 13.2 Å². The summed E-state index contributed by atoms with van der Waals surface area (Å²) in [5, 5.41) is 2.77. The van der Waals surface area contributed by atoms with E-state index in [1.165, 1.54) is 12.1 Å². The van der Waals surface area contributed by atoms with Crippen molar-refractivity contribution in [2.45, 2.75) is 6.54 Å². The van der Waals surface area contributed by atoms with Gasteiger partial charge < -0.3 is 19.2 Å². The van der Waals surface area contributed by atoms with E-state index in [2.05, 4.69) is 5.32 Å². The number of fused-ring (bicyclic) bond motifs is 2. The lowest BCUT2D eigenvalue weighted by atomic mass is 10.2. The van der Waals surface area contributed by atoms with Gasteiger partial charge in [-0.1, -0.05) is 6.07 Å². The highest BCUT2D eigenvalue weighted by molar-refractivity contribution is 5.93. The van der Waals surface area contributed by atoms with Gasteiger partial charge in [-0.2, -0.15) is 0 Å². The molecule has 132 valence electrons. The third-order valence-corrected chi connectivity index (χ3v) is 3.97. The second-order valence-electron chi connectivity index (χ2n) is 5.78. The summed E-state index contributed by atoms with van der Waals surface area (Å²) in [4.78, 5) is 24.3. The molecule has 1 amide bonds. The minimum absolute atomic E-state index is 0.0911. The summed E-state index contributed by atoms with van der Waals surface area (Å²) in [6.45, 7) is 1.21. The Labute approximate surface area is 147 Å². The first kappa shape index (κ1) is 16.1. The zero-order chi connectivity index (χ0) is 18.1. The molecule has 2 heterocycles. The Bertz CT molecular complexity index is 1060. The van der Waals surface area contributed by atoms with Gasteiger partial charge in [0.1, 0.15) is 24.6 Å². The molecule has 2 aromatic carbocycles. The Balaban J connectivity index is 1.52. The van der Waals surface area contributed by atoms with Crippen molar-refractivity contribution in [3.8, 4) is 11.5 Å². The van der Waals surface area contributed by atoms with Gasteiger partial charge in [0.15, 0.2) is 22.7 Å². The maximum Gasteiger partial charge on any atom is 0.287 e. The molecule has 1 aliphatic rings. The monoisotopic (exact) mass is 355 g/mol. The molecule has 4 rings (SSSR count). The minimum Gasteiger partial charge on any atom is -0.486 e. The van der Waals surface area contributed by atoms with Crippen molar-refractivity contribution in [2.24, 2.45) is 0 Å². The van der Waals surface area contributed by atoms with Gasteiger partial charge in [0, 0.05) is 12.6 Å². The van der Waals surface area contributed by atoms with Gasteiger partial charge in [0.05, 0.1) is 5.39 Å². The molecule has 0 saturated carbocycles. The highest BCUT2D eigenvalue weighted by Crippen LogP contribution is 2.30. The molecule has 0 spiro atoms. The normalized spacial score (nSPS) is 12.8. The van der Waals surface area contributed by atoms with Crippen molar-refractivity contribution in [3.63, 3.8) is 0 Å². The molecule has 0 unspecified atom stereocenters. The molecule has 3 aromatic rings. The van der Waals surface area contributed by atoms with E-state index in [1.807, 2.05) is 6.07 Å². The molecule has 0 atom stereocenters. The smallest absolute Gasteiger partial charge is 0.287 e. The van der Waals surface area contributed by atoms with E-state index in [9.17, 15) is 14.0 Å². The van der Waals surface area contributed by atoms with Crippen molar-refractivity contribution >= 4 is 16.9 Å². The number of benzene rings is 2. The molecular weight excluding hydrogens is 341 g/mol. The maximum atomic E-state index is 13.2. The zero-order valence-corrected chi connectivity index (χ0v) is 13.6. The lowest BCUT2D eigenvalue weighted by Gasteiger charge is -2.18. The second-order valence-corrected chi connectivity index (χ2v) is 5.78. The second kappa shape index (κ2) is 6.51. The topological polar surface area (TPSA) is 77.8 Å². The highest BCUT2D eigenvalue weighted by atomic mass is 19.1. The van der Waals surface area contributed by atoms with Crippen LogP contribution < -0.4 is 20.2 Å². The highest BCUT2D eigenvalue weighted by Gasteiger charge is 2.15. The first-order chi connectivity index (χ1) is 12.6. The van der Waals surface area contributed by atoms with Gasteiger partial charge in [-0.25, -0.2) is 4.39 Å². The number of carbonyl (C=O) groups is 1. The molecule has 6 nitrogen and oxygen atoms in total. The fourth-order valence-electron chi connectivity index (χ4n) is 2.71. The number of hydrogen-bond donors (Lipinski definition) is 1. The van der Waals surface area contributed by atoms with Crippen LogP contribution in [0.15, 0.2) is 51.7 Å². The van der Waals surface area contributed by atoms with Crippen LogP contribution in [0, 0.1) is 5.82 Å². The molecule has 0 radical (unpaired) electrons. The Morgan fingerprint density at radius 1 is 1.04 bits per heavy atom. The van der Waals surface area contributed by atoms with Gasteiger partial charge >= 0.3 is 0 Å². The standard InChI is InChI=1S/C19H14FNO5/c20-12-2-4-15-13(8-12)14(22)9-18(26-15)19(23)21-10-11-1-3-16-17(7-11)25-6-5-24-16/h1-4,7-9H,5-6,10H2,(H,21,23). The van der Waals surface area contributed by atoms with E-state index in [-0.39, 0.29) is 23.3 Å². The van der Waals surface area contributed by atoms with Crippen LogP contribution in [0.4, 0.5) is 4.39 Å². The molecule has 1 aliphatic heterocycles. The van der Waals surface area contributed by atoms with Crippen molar-refractivity contribution < 1.29 is 23.1 Å². The largest absolute Gasteiger partial charge is 0.486 e. The molecule has 1 aromatic heterocycles. The van der Waals surface area contributed by atoms with E-state index < -0.39 is 17.2 Å². The average Bonchev–Trinajstić information content (AvgIpc) is 2.66. The summed E-state index contributed by atoms with van der Waals surface area (Å²) in [5.74, 6) is 0.0804. The van der Waals surface area contributed by atoms with Crippen molar-refractivity contribution in [1.29, 1.82) is 0 Å². The van der Waals surface area contributed by atoms with Crippen LogP contribution in [0.1, 0.15) is 16.1 Å². The molecule has 1 N–H and O–H groups in total. The molecular formula is C19H14FNO5. The quantitative estimate of drug-likeness (QED) is 0.781. The fourth-order valence-corrected chi connectivity index (χ4v) is 2.71. The predicted molar refractivity (Wildman–Crippen MR) is 91.0 cm³/mol. The summed E-state index contributed by atoms with van der Waals surface area (Å²) in [6.07, 6.45) is 0. The van der Waals surface area contributed by atoms with Crippen LogP contribution >= 0.6 is 0 Å². The van der Waals surface area contributed by atoms with Crippen LogP contribution in [-0.2, 0) is 6.54 Å². The number of hydrogen-bond acceptors (Lipinski definition) is 5. The number of carbonyl (C=O) groups excluding carboxylic acids is 1. The Kier molecular flexibility index (Phi) is 4.04. The van der Waals surface area contributed by atoms with Crippen LogP contribution in [0.25, 0.3) is 11.0 Å². The number of rotatable bonds is 3. The molecule has 0 aliphatic carbocycles. The third kappa shape index (κ3) is 3.11. The van der Waals surface area contributed by atoms with E-state index >= 15 is 0 Å². The Hall–Kier alpha value is -3.35. The van der Waals surface area contributed by atoms with Gasteiger partial charge in [-0.05, 0) is 35.9 Å². The molecule has 0 saturated heterocycles. The van der Waals surface area contributed by atoms with Gasteiger partial charge in [0.25, 0.3) is 5.91 Å². The summed E-state index contributed by atoms with van der Waals surface area (Å²) in [6, 6.07) is 10.0. The SMILES string of the molecule is O=C(NCc1ccc2c(c1)OCCO2)c1cc(=O)c2cc(F)ccc2o1. The molecule has 0 bridgehead atoms. The molecule has 26 heavy (non-hydrogen) atoms. The summed E-state index contributed by atoms with van der Waals surface area (Å²) in [5.41, 5.74) is 0.492. The van der Waals surface area contributed by atoms with Crippen molar-refractivity contribution in [1.82, 2.24) is 5.32 Å². The van der Waals surface area contributed by atoms with Crippen LogP contribution in [0.5, 0.6) is 11.5 Å². The molecule has 0 fully saturated rings. The summed E-state index contributed by atoms with van der Waals surface area (Å²) >= 11 is 0. The lowest BCUT2D eigenvalue weighted by Crippen LogP contribution is -2.24. The zero-order valence-electron chi connectivity index (χ0n) is 13.6. The molecule has 7 heteroatoms. The first-order valence-corrected chi connectivity index (χ1v) is 8.00. The predicted octanol–water partition coefficient (Wildman–Crippen LogP) is 2.63. The van der Waals surface area contributed by atoms with E-state index in [0.717, 1.165) is 17.7 Å². The Morgan fingerprint density at radius 3 is 2.69 bits per heavy atom. The van der Waals surface area contributed by atoms with Gasteiger partial charge in [0.2, 0.25) is 0 Å². The summed E-state index contributed by atoms with van der Waals surface area (Å²) in [7, 11) is 0. The third-order valence-electron chi connectivity index (χ3n) is 3.97. The number of halogens is 1. The van der Waals surface area contributed by atoms with Crippen LogP contribution in [0.2, 0.25) is 0 Å². The number of ether oxygens (including phenoxy) is 2. The lowest BCUT2D eigenvalue weighted by molar-refractivity contribution is 0.0923. The average molecular weight is 355 g/mol. The number of amides is 1. The van der Waals surface area contributed by atoms with Crippen molar-refractivity contribution in [3.05, 3.63) is 69.8 Å². The van der Waals surface area contributed by atoms with Gasteiger partial charge in [-0.15, -0.1) is 0 Å². The minimum atomic E-state index is -0.541. The van der Waals surface area contributed by atoms with Gasteiger partial charge in [-0.3, -0.25) is 9.59 Å².